The molecule has 1 aliphatic rings. The van der Waals surface area contributed by atoms with Gasteiger partial charge < -0.3 is 4.90 Å². The lowest BCUT2D eigenvalue weighted by Gasteiger charge is -2.35. The molecule has 2 aromatic rings. The highest BCUT2D eigenvalue weighted by Crippen LogP contribution is 2.31. The average molecular weight is 301 g/mol. The van der Waals surface area contributed by atoms with Crippen LogP contribution in [0.1, 0.15) is 45.2 Å². The Morgan fingerprint density at radius 3 is 2.73 bits per heavy atom. The van der Waals surface area contributed by atoms with Crippen molar-refractivity contribution in [2.24, 2.45) is 12.5 Å². The van der Waals surface area contributed by atoms with E-state index >= 15 is 0 Å². The Bertz CT molecular complexity index is 700. The second-order valence-electron chi connectivity index (χ2n) is 7.08. The lowest BCUT2D eigenvalue weighted by molar-refractivity contribution is -0.140. The van der Waals surface area contributed by atoms with Crippen molar-refractivity contribution in [3.05, 3.63) is 18.1 Å². The molecule has 1 aliphatic heterocycles. The first kappa shape index (κ1) is 14.9. The molecule has 1 amide bonds. The predicted octanol–water partition coefficient (Wildman–Crippen LogP) is 2.12. The third-order valence-corrected chi connectivity index (χ3v) is 4.22. The molecule has 1 atom stereocenters. The lowest BCUT2D eigenvalue weighted by Crippen LogP contribution is -2.44. The zero-order valence-corrected chi connectivity index (χ0v) is 13.7. The van der Waals surface area contributed by atoms with E-state index in [1.54, 1.807) is 17.1 Å². The zero-order valence-electron chi connectivity index (χ0n) is 13.7. The molecule has 118 valence electrons. The van der Waals surface area contributed by atoms with Gasteiger partial charge in [-0.05, 0) is 12.8 Å². The molecule has 0 aromatic carbocycles. The van der Waals surface area contributed by atoms with Crippen LogP contribution in [0.3, 0.4) is 0 Å². The van der Waals surface area contributed by atoms with Gasteiger partial charge in [-0.1, -0.05) is 20.8 Å². The monoisotopic (exact) mass is 301 g/mol. The van der Waals surface area contributed by atoms with Crippen molar-refractivity contribution in [3.8, 4) is 0 Å². The molecule has 1 fully saturated rings. The van der Waals surface area contributed by atoms with E-state index in [0.717, 1.165) is 42.8 Å². The van der Waals surface area contributed by atoms with E-state index in [9.17, 15) is 4.79 Å². The molecular formula is C16H23N5O. The molecule has 2 aromatic heterocycles. The van der Waals surface area contributed by atoms with E-state index in [1.807, 2.05) is 32.7 Å². The van der Waals surface area contributed by atoms with E-state index < -0.39 is 0 Å². The molecule has 0 saturated carbocycles. The van der Waals surface area contributed by atoms with Crippen LogP contribution < -0.4 is 0 Å². The number of fused-ring (bicyclic) bond motifs is 1. The third kappa shape index (κ3) is 2.58. The molecule has 0 aliphatic carbocycles. The van der Waals surface area contributed by atoms with E-state index in [1.165, 1.54) is 0 Å². The second-order valence-corrected chi connectivity index (χ2v) is 7.08. The van der Waals surface area contributed by atoms with Gasteiger partial charge in [0.1, 0.15) is 5.52 Å². The van der Waals surface area contributed by atoms with Crippen LogP contribution in [0.2, 0.25) is 0 Å². The van der Waals surface area contributed by atoms with Crippen LogP contribution in [0, 0.1) is 5.41 Å². The van der Waals surface area contributed by atoms with Crippen molar-refractivity contribution < 1.29 is 4.79 Å². The summed E-state index contributed by atoms with van der Waals surface area (Å²) in [5.41, 5.74) is 2.29. The summed E-state index contributed by atoms with van der Waals surface area (Å²) in [7, 11) is 1.89. The number of aryl methyl sites for hydroxylation is 1. The van der Waals surface area contributed by atoms with E-state index in [-0.39, 0.29) is 17.2 Å². The molecule has 6 nitrogen and oxygen atoms in total. The first-order chi connectivity index (χ1) is 10.4. The van der Waals surface area contributed by atoms with Crippen LogP contribution in [0.4, 0.5) is 0 Å². The van der Waals surface area contributed by atoms with Crippen LogP contribution in [-0.4, -0.2) is 43.6 Å². The summed E-state index contributed by atoms with van der Waals surface area (Å²) in [5.74, 6) is 0.448. The Balaban J connectivity index is 1.90. The van der Waals surface area contributed by atoms with Crippen molar-refractivity contribution in [2.45, 2.75) is 39.5 Å². The summed E-state index contributed by atoms with van der Waals surface area (Å²) >= 11 is 0. The van der Waals surface area contributed by atoms with Crippen molar-refractivity contribution in [2.75, 3.05) is 13.1 Å². The molecule has 1 saturated heterocycles. The highest BCUT2D eigenvalue weighted by atomic mass is 16.2. The normalized spacial score (nSPS) is 19.6. The number of carbonyl (C=O) groups is 1. The average Bonchev–Trinajstić information content (AvgIpc) is 2.83. The van der Waals surface area contributed by atoms with Gasteiger partial charge in [0.2, 0.25) is 5.91 Å². The summed E-state index contributed by atoms with van der Waals surface area (Å²) < 4.78 is 1.78. The number of hydrogen-bond acceptors (Lipinski definition) is 4. The van der Waals surface area contributed by atoms with Gasteiger partial charge >= 0.3 is 0 Å². The summed E-state index contributed by atoms with van der Waals surface area (Å²) in [4.78, 5) is 23.3. The number of piperidine rings is 1. The number of carbonyl (C=O) groups excluding carboxylic acids is 1. The third-order valence-electron chi connectivity index (χ3n) is 4.22. The topological polar surface area (TPSA) is 63.9 Å². The Labute approximate surface area is 130 Å². The van der Waals surface area contributed by atoms with Crippen LogP contribution >= 0.6 is 0 Å². The minimum Gasteiger partial charge on any atom is -0.342 e. The number of amides is 1. The van der Waals surface area contributed by atoms with Crippen LogP contribution in [0.25, 0.3) is 11.2 Å². The molecule has 3 heterocycles. The smallest absolute Gasteiger partial charge is 0.227 e. The fourth-order valence-electron chi connectivity index (χ4n) is 3.14. The maximum absolute atomic E-state index is 12.5. The van der Waals surface area contributed by atoms with Crippen molar-refractivity contribution in [1.82, 2.24) is 24.6 Å². The van der Waals surface area contributed by atoms with Crippen molar-refractivity contribution in [3.63, 3.8) is 0 Å². The maximum atomic E-state index is 12.5. The number of likely N-dealkylation sites (tertiary alicyclic amines) is 1. The molecule has 3 rings (SSSR count). The summed E-state index contributed by atoms with van der Waals surface area (Å²) in [6.07, 6.45) is 5.43. The van der Waals surface area contributed by atoms with Gasteiger partial charge in [0.25, 0.3) is 0 Å². The first-order valence-electron chi connectivity index (χ1n) is 7.81. The number of rotatable bonds is 1. The molecule has 0 N–H and O–H groups in total. The summed E-state index contributed by atoms with van der Waals surface area (Å²) in [5, 5.41) is 4.62. The van der Waals surface area contributed by atoms with Crippen LogP contribution in [0.5, 0.6) is 0 Å². The van der Waals surface area contributed by atoms with E-state index in [2.05, 4.69) is 15.1 Å². The lowest BCUT2D eigenvalue weighted by atomic mass is 9.90. The van der Waals surface area contributed by atoms with Gasteiger partial charge in [0.15, 0.2) is 5.65 Å². The van der Waals surface area contributed by atoms with E-state index in [4.69, 9.17) is 0 Å². The molecule has 22 heavy (non-hydrogen) atoms. The van der Waals surface area contributed by atoms with E-state index in [0.29, 0.717) is 0 Å². The Morgan fingerprint density at radius 2 is 2.00 bits per heavy atom. The Morgan fingerprint density at radius 1 is 1.27 bits per heavy atom. The van der Waals surface area contributed by atoms with Crippen LogP contribution in [-0.2, 0) is 11.8 Å². The Kier molecular flexibility index (Phi) is 3.62. The van der Waals surface area contributed by atoms with Gasteiger partial charge in [0.05, 0.1) is 5.69 Å². The fraction of sp³-hybridized carbons (Fsp3) is 0.625. The first-order valence-corrected chi connectivity index (χ1v) is 7.81. The maximum Gasteiger partial charge on any atom is 0.227 e. The van der Waals surface area contributed by atoms with Gasteiger partial charge in [-0.25, -0.2) is 14.6 Å². The molecular weight excluding hydrogens is 278 g/mol. The Hall–Kier alpha value is -1.98. The number of hydrogen-bond donors (Lipinski definition) is 0. The minimum atomic E-state index is -0.339. The largest absolute Gasteiger partial charge is 0.342 e. The summed E-state index contributed by atoms with van der Waals surface area (Å²) in [6, 6.07) is 0. The number of aromatic nitrogens is 4. The van der Waals surface area contributed by atoms with Gasteiger partial charge in [-0.3, -0.25) is 4.79 Å². The molecule has 0 radical (unpaired) electrons. The minimum absolute atomic E-state index is 0.212. The van der Waals surface area contributed by atoms with Crippen molar-refractivity contribution >= 4 is 17.1 Å². The quantitative estimate of drug-likeness (QED) is 0.809. The van der Waals surface area contributed by atoms with Gasteiger partial charge in [-0.2, -0.15) is 5.10 Å². The molecule has 0 spiro atoms. The molecule has 0 bridgehead atoms. The highest BCUT2D eigenvalue weighted by Gasteiger charge is 2.33. The van der Waals surface area contributed by atoms with Crippen molar-refractivity contribution in [1.29, 1.82) is 0 Å². The van der Waals surface area contributed by atoms with Gasteiger partial charge in [0, 0.05) is 43.9 Å². The molecule has 0 unspecified atom stereocenters. The molecule has 6 heteroatoms. The predicted molar refractivity (Wildman–Crippen MR) is 84.3 cm³/mol. The second kappa shape index (κ2) is 5.34. The highest BCUT2D eigenvalue weighted by molar-refractivity contribution is 5.82. The van der Waals surface area contributed by atoms with Gasteiger partial charge in [-0.15, -0.1) is 0 Å². The van der Waals surface area contributed by atoms with Crippen LogP contribution in [0.15, 0.2) is 12.4 Å². The summed E-state index contributed by atoms with van der Waals surface area (Å²) in [6.45, 7) is 7.48. The standard InChI is InChI=1S/C16H23N5O/c1-16(2,3)15(22)21-9-5-6-11(10-21)12-13-14(20(4)19-12)18-8-7-17-13/h7-8,11H,5-6,9-10H2,1-4H3/t11-/m1/s1. The number of nitrogens with zero attached hydrogens (tertiary/aromatic N) is 5. The fourth-order valence-corrected chi connectivity index (χ4v) is 3.14. The SMILES string of the molecule is Cn1nc([C@@H]2CCCN(C(=O)C(C)(C)C)C2)c2nccnc21. The zero-order chi connectivity index (χ0) is 15.9.